The summed E-state index contributed by atoms with van der Waals surface area (Å²) in [7, 11) is -3.76. The minimum Gasteiger partial charge on any atom is -0.477 e. The molecule has 0 radical (unpaired) electrons. The molecule has 114 valence electrons. The van der Waals surface area contributed by atoms with E-state index in [2.05, 4.69) is 11.6 Å². The van der Waals surface area contributed by atoms with E-state index in [0.29, 0.717) is 0 Å². The molecule has 0 spiro atoms. The van der Waals surface area contributed by atoms with Gasteiger partial charge in [-0.05, 0) is 24.3 Å². The van der Waals surface area contributed by atoms with E-state index in [1.165, 1.54) is 11.4 Å². The second-order valence-electron chi connectivity index (χ2n) is 4.67. The Morgan fingerprint density at radius 2 is 2.05 bits per heavy atom. The summed E-state index contributed by atoms with van der Waals surface area (Å²) < 4.78 is 27.2. The second-order valence-corrected chi connectivity index (χ2v) is 7.27. The lowest BCUT2D eigenvalue weighted by Crippen LogP contribution is -2.35. The molecule has 0 amide bonds. The summed E-state index contributed by atoms with van der Waals surface area (Å²) >= 11 is 0.924. The molecule has 0 fully saturated rings. The van der Waals surface area contributed by atoms with Crippen molar-refractivity contribution in [3.8, 4) is 0 Å². The third-order valence-corrected chi connectivity index (χ3v) is 5.57. The predicted octanol–water partition coefficient (Wildman–Crippen LogP) is 3.08. The largest absolute Gasteiger partial charge is 0.477 e. The third-order valence-electron chi connectivity index (χ3n) is 2.98. The fourth-order valence-electron chi connectivity index (χ4n) is 2.01. The average Bonchev–Trinajstić information content (AvgIpc) is 2.86. The van der Waals surface area contributed by atoms with E-state index in [-0.39, 0.29) is 15.8 Å². The molecule has 0 aliphatic heterocycles. The topological polar surface area (TPSA) is 83.5 Å². The van der Waals surface area contributed by atoms with Gasteiger partial charge in [0.25, 0.3) is 0 Å². The number of nitrogens with one attached hydrogen (secondary N) is 1. The number of thiophene rings is 1. The Labute approximate surface area is 124 Å². The number of hydrogen-bond donors (Lipinski definition) is 2. The number of aromatic carboxylic acids is 1. The van der Waals surface area contributed by atoms with Gasteiger partial charge in [0.15, 0.2) is 0 Å². The van der Waals surface area contributed by atoms with Crippen LogP contribution in [0.3, 0.4) is 0 Å². The van der Waals surface area contributed by atoms with E-state index in [0.717, 1.165) is 43.4 Å². The van der Waals surface area contributed by atoms with Crippen molar-refractivity contribution in [2.24, 2.45) is 0 Å². The first-order chi connectivity index (χ1) is 9.42. The third kappa shape index (κ3) is 4.57. The van der Waals surface area contributed by atoms with Crippen LogP contribution >= 0.6 is 11.3 Å². The van der Waals surface area contributed by atoms with Crippen molar-refractivity contribution in [2.45, 2.75) is 56.9 Å². The number of hydrogen-bond acceptors (Lipinski definition) is 4. The molecule has 1 aromatic heterocycles. The molecule has 1 heterocycles. The van der Waals surface area contributed by atoms with E-state index in [1.807, 2.05) is 6.92 Å². The monoisotopic (exact) mass is 319 g/mol. The zero-order valence-corrected chi connectivity index (χ0v) is 13.4. The number of carbonyl (C=O) groups is 1. The van der Waals surface area contributed by atoms with E-state index in [9.17, 15) is 13.2 Å². The maximum atomic E-state index is 12.3. The summed E-state index contributed by atoms with van der Waals surface area (Å²) in [6.07, 6.45) is 4.36. The van der Waals surface area contributed by atoms with Crippen molar-refractivity contribution >= 4 is 27.3 Å². The quantitative estimate of drug-likeness (QED) is 0.732. The van der Waals surface area contributed by atoms with Gasteiger partial charge in [-0.25, -0.2) is 17.9 Å². The van der Waals surface area contributed by atoms with Gasteiger partial charge in [-0.15, -0.1) is 11.3 Å². The lowest BCUT2D eigenvalue weighted by Gasteiger charge is -2.17. The zero-order chi connectivity index (χ0) is 15.2. The van der Waals surface area contributed by atoms with Crippen LogP contribution < -0.4 is 4.72 Å². The van der Waals surface area contributed by atoms with Crippen LogP contribution in [0.1, 0.15) is 55.6 Å². The van der Waals surface area contributed by atoms with E-state index in [4.69, 9.17) is 5.11 Å². The summed E-state index contributed by atoms with van der Waals surface area (Å²) in [6, 6.07) is 1.21. The average molecular weight is 319 g/mol. The first-order valence-corrected chi connectivity index (χ1v) is 9.11. The smallest absolute Gasteiger partial charge is 0.347 e. The fraction of sp³-hybridized carbons (Fsp3) is 0.615. The van der Waals surface area contributed by atoms with Gasteiger partial charge in [-0.3, -0.25) is 0 Å². The van der Waals surface area contributed by atoms with Crippen LogP contribution in [-0.2, 0) is 10.0 Å². The van der Waals surface area contributed by atoms with Crippen molar-refractivity contribution in [1.82, 2.24) is 4.72 Å². The molecule has 1 rings (SSSR count). The number of sulfonamides is 1. The number of carboxylic acid groups (broad SMARTS) is 1. The Balaban J connectivity index is 2.91. The van der Waals surface area contributed by atoms with Gasteiger partial charge < -0.3 is 5.11 Å². The summed E-state index contributed by atoms with van der Waals surface area (Å²) in [4.78, 5) is 10.8. The number of unbranched alkanes of at least 4 members (excludes halogenated alkanes) is 1. The Kier molecular flexibility index (Phi) is 6.64. The van der Waals surface area contributed by atoms with Gasteiger partial charge in [0.2, 0.25) is 10.0 Å². The highest BCUT2D eigenvalue weighted by atomic mass is 32.2. The molecule has 7 heteroatoms. The highest BCUT2D eigenvalue weighted by molar-refractivity contribution is 7.89. The summed E-state index contributed by atoms with van der Waals surface area (Å²) in [6.45, 7) is 4.05. The molecule has 1 aromatic rings. The predicted molar refractivity (Wildman–Crippen MR) is 79.8 cm³/mol. The Bertz CT molecular complexity index is 536. The number of carboxylic acids is 1. The molecule has 1 atom stereocenters. The maximum Gasteiger partial charge on any atom is 0.347 e. The summed E-state index contributed by atoms with van der Waals surface area (Å²) in [5.41, 5.74) is 0. The molecular formula is C13H21NO4S2. The molecule has 0 aliphatic rings. The van der Waals surface area contributed by atoms with Crippen molar-refractivity contribution in [2.75, 3.05) is 0 Å². The maximum absolute atomic E-state index is 12.3. The zero-order valence-electron chi connectivity index (χ0n) is 11.8. The van der Waals surface area contributed by atoms with Crippen molar-refractivity contribution < 1.29 is 18.3 Å². The Morgan fingerprint density at radius 1 is 1.35 bits per heavy atom. The molecular weight excluding hydrogens is 298 g/mol. The van der Waals surface area contributed by atoms with Gasteiger partial charge in [-0.2, -0.15) is 0 Å². The fourth-order valence-corrected chi connectivity index (χ4v) is 4.57. The summed E-state index contributed by atoms with van der Waals surface area (Å²) in [5, 5.41) is 10.5. The van der Waals surface area contributed by atoms with Crippen LogP contribution in [0.4, 0.5) is 0 Å². The van der Waals surface area contributed by atoms with Crippen LogP contribution in [0.15, 0.2) is 16.3 Å². The molecule has 0 aromatic carbocycles. The number of rotatable bonds is 9. The van der Waals surface area contributed by atoms with E-state index >= 15 is 0 Å². The molecule has 1 unspecified atom stereocenters. The lowest BCUT2D eigenvalue weighted by atomic mass is 10.1. The molecule has 20 heavy (non-hydrogen) atoms. The van der Waals surface area contributed by atoms with Gasteiger partial charge in [0.1, 0.15) is 9.77 Å². The highest BCUT2D eigenvalue weighted by Gasteiger charge is 2.26. The minimum absolute atomic E-state index is 0.132. The van der Waals surface area contributed by atoms with Crippen molar-refractivity contribution in [1.29, 1.82) is 0 Å². The standard InChI is InChI=1S/C13H21NO4S2/c1-3-5-7-10(6-4-2)14-20(17,18)11-8-9-19-12(11)13(15)16/h8-10,14H,3-7H2,1-2H3,(H,15,16). The normalized spacial score (nSPS) is 13.3. The van der Waals surface area contributed by atoms with Crippen LogP contribution in [0.25, 0.3) is 0 Å². The van der Waals surface area contributed by atoms with Gasteiger partial charge in [-0.1, -0.05) is 33.1 Å². The van der Waals surface area contributed by atoms with Gasteiger partial charge >= 0.3 is 5.97 Å². The molecule has 0 aliphatic carbocycles. The highest BCUT2D eigenvalue weighted by Crippen LogP contribution is 2.23. The van der Waals surface area contributed by atoms with Gasteiger partial charge in [0.05, 0.1) is 0 Å². The van der Waals surface area contributed by atoms with Crippen LogP contribution in [0.2, 0.25) is 0 Å². The van der Waals surface area contributed by atoms with Crippen LogP contribution in [-0.4, -0.2) is 25.5 Å². The first-order valence-electron chi connectivity index (χ1n) is 6.75. The van der Waals surface area contributed by atoms with Crippen LogP contribution in [0.5, 0.6) is 0 Å². The van der Waals surface area contributed by atoms with Crippen molar-refractivity contribution in [3.05, 3.63) is 16.3 Å². The van der Waals surface area contributed by atoms with E-state index in [1.54, 1.807) is 0 Å². The minimum atomic E-state index is -3.76. The van der Waals surface area contributed by atoms with Crippen molar-refractivity contribution in [3.63, 3.8) is 0 Å². The molecule has 0 bridgehead atoms. The lowest BCUT2D eigenvalue weighted by molar-refractivity contribution is 0.0698. The Hall–Kier alpha value is -0.920. The molecule has 0 saturated carbocycles. The second kappa shape index (κ2) is 7.75. The summed E-state index contributed by atoms with van der Waals surface area (Å²) in [5.74, 6) is -1.21. The van der Waals surface area contributed by atoms with Gasteiger partial charge in [0, 0.05) is 6.04 Å². The SMILES string of the molecule is CCCCC(CCC)NS(=O)(=O)c1ccsc1C(=O)O. The Morgan fingerprint density at radius 3 is 2.60 bits per heavy atom. The van der Waals surface area contributed by atoms with Crippen LogP contribution in [0, 0.1) is 0 Å². The first kappa shape index (κ1) is 17.1. The van der Waals surface area contributed by atoms with E-state index < -0.39 is 16.0 Å². The molecule has 2 N–H and O–H groups in total. The molecule has 5 nitrogen and oxygen atoms in total. The molecule has 0 saturated heterocycles.